The van der Waals surface area contributed by atoms with Gasteiger partial charge in [0.05, 0.1) is 11.5 Å². The summed E-state index contributed by atoms with van der Waals surface area (Å²) in [5, 5.41) is 12.7. The number of anilines is 1. The van der Waals surface area contributed by atoms with E-state index in [2.05, 4.69) is 5.32 Å². The summed E-state index contributed by atoms with van der Waals surface area (Å²) in [4.78, 5) is 12.8. The summed E-state index contributed by atoms with van der Waals surface area (Å²) in [5.74, 6) is -0.588. The van der Waals surface area contributed by atoms with E-state index in [1.165, 1.54) is 23.5 Å². The number of fused-ring (bicyclic) bond motifs is 1. The Balaban J connectivity index is 1.90. The standard InChI is InChI=1S/C16H12FNO2S/c17-12-5-6-14-11(7-12)8-15(21-14)16(20)18-13-4-2-1-3-10(13)9-19/h1-8,19H,9H2,(H,18,20). The monoisotopic (exact) mass is 301 g/mol. The molecule has 0 bridgehead atoms. The second-order valence-electron chi connectivity index (χ2n) is 4.56. The maximum Gasteiger partial charge on any atom is 0.265 e. The normalized spacial score (nSPS) is 10.8. The summed E-state index contributed by atoms with van der Waals surface area (Å²) in [5.41, 5.74) is 1.23. The molecule has 21 heavy (non-hydrogen) atoms. The first-order valence-corrected chi connectivity index (χ1v) is 7.18. The summed E-state index contributed by atoms with van der Waals surface area (Å²) in [6.07, 6.45) is 0. The number of thiophene rings is 1. The maximum atomic E-state index is 13.2. The van der Waals surface area contributed by atoms with Crippen molar-refractivity contribution >= 4 is 33.0 Å². The van der Waals surface area contributed by atoms with E-state index in [9.17, 15) is 14.3 Å². The Morgan fingerprint density at radius 1 is 1.19 bits per heavy atom. The lowest BCUT2D eigenvalue weighted by atomic mass is 10.2. The van der Waals surface area contributed by atoms with Crippen LogP contribution in [-0.4, -0.2) is 11.0 Å². The van der Waals surface area contributed by atoms with Crippen LogP contribution in [0.5, 0.6) is 0 Å². The predicted molar refractivity (Wildman–Crippen MR) is 82.1 cm³/mol. The van der Waals surface area contributed by atoms with Gasteiger partial charge in [0.1, 0.15) is 5.82 Å². The zero-order valence-corrected chi connectivity index (χ0v) is 11.8. The Hall–Kier alpha value is -2.24. The molecule has 0 aliphatic heterocycles. The van der Waals surface area contributed by atoms with Gasteiger partial charge in [-0.15, -0.1) is 11.3 Å². The molecule has 0 fully saturated rings. The van der Waals surface area contributed by atoms with Gasteiger partial charge >= 0.3 is 0 Å². The fraction of sp³-hybridized carbons (Fsp3) is 0.0625. The summed E-state index contributed by atoms with van der Waals surface area (Å²) in [6, 6.07) is 13.2. The smallest absolute Gasteiger partial charge is 0.265 e. The molecule has 0 atom stereocenters. The third-order valence-electron chi connectivity index (χ3n) is 3.14. The molecular weight excluding hydrogens is 289 g/mol. The minimum absolute atomic E-state index is 0.145. The lowest BCUT2D eigenvalue weighted by Crippen LogP contribution is -2.11. The van der Waals surface area contributed by atoms with Gasteiger partial charge in [0.25, 0.3) is 5.91 Å². The molecule has 1 amide bonds. The van der Waals surface area contributed by atoms with Crippen molar-refractivity contribution in [3.05, 3.63) is 64.8 Å². The molecular formula is C16H12FNO2S. The molecule has 1 heterocycles. The molecule has 1 aromatic heterocycles. The molecule has 2 N–H and O–H groups in total. The van der Waals surface area contributed by atoms with Gasteiger partial charge in [-0.05, 0) is 35.7 Å². The lowest BCUT2D eigenvalue weighted by Gasteiger charge is -2.07. The second-order valence-corrected chi connectivity index (χ2v) is 5.65. The van der Waals surface area contributed by atoms with E-state index in [1.54, 1.807) is 36.4 Å². The molecule has 0 radical (unpaired) electrons. The van der Waals surface area contributed by atoms with E-state index in [0.717, 1.165) is 4.70 Å². The van der Waals surface area contributed by atoms with E-state index in [4.69, 9.17) is 0 Å². The average molecular weight is 301 g/mol. The van der Waals surface area contributed by atoms with Crippen molar-refractivity contribution in [3.8, 4) is 0 Å². The number of para-hydroxylation sites is 1. The van der Waals surface area contributed by atoms with Crippen molar-refractivity contribution in [2.75, 3.05) is 5.32 Å². The number of carbonyl (C=O) groups excluding carboxylic acids is 1. The Kier molecular flexibility index (Phi) is 3.68. The zero-order valence-electron chi connectivity index (χ0n) is 11.0. The van der Waals surface area contributed by atoms with Crippen LogP contribution < -0.4 is 5.32 Å². The molecule has 106 valence electrons. The van der Waals surface area contributed by atoms with Gasteiger partial charge in [-0.2, -0.15) is 0 Å². The van der Waals surface area contributed by atoms with Crippen LogP contribution in [0.15, 0.2) is 48.5 Å². The molecule has 5 heteroatoms. The van der Waals surface area contributed by atoms with Crippen molar-refractivity contribution in [3.63, 3.8) is 0 Å². The quantitative estimate of drug-likeness (QED) is 0.773. The molecule has 0 saturated carbocycles. The number of hydrogen-bond acceptors (Lipinski definition) is 3. The summed E-state index contributed by atoms with van der Waals surface area (Å²) in [7, 11) is 0. The molecule has 0 spiro atoms. The number of aliphatic hydroxyl groups is 1. The highest BCUT2D eigenvalue weighted by molar-refractivity contribution is 7.20. The van der Waals surface area contributed by atoms with E-state index < -0.39 is 0 Å². The summed E-state index contributed by atoms with van der Waals surface area (Å²) < 4.78 is 14.0. The number of hydrogen-bond donors (Lipinski definition) is 2. The fourth-order valence-corrected chi connectivity index (χ4v) is 3.03. The predicted octanol–water partition coefficient (Wildman–Crippen LogP) is 3.79. The van der Waals surface area contributed by atoms with Crippen LogP contribution in [0.2, 0.25) is 0 Å². The van der Waals surface area contributed by atoms with Gasteiger partial charge in [-0.25, -0.2) is 4.39 Å². The summed E-state index contributed by atoms with van der Waals surface area (Å²) in [6.45, 7) is -0.145. The Labute approximate surface area is 124 Å². The number of rotatable bonds is 3. The minimum Gasteiger partial charge on any atom is -0.392 e. The molecule has 0 aliphatic rings. The van der Waals surface area contributed by atoms with Crippen molar-refractivity contribution in [1.29, 1.82) is 0 Å². The highest BCUT2D eigenvalue weighted by Crippen LogP contribution is 2.27. The summed E-state index contributed by atoms with van der Waals surface area (Å²) >= 11 is 1.31. The lowest BCUT2D eigenvalue weighted by molar-refractivity contribution is 0.103. The minimum atomic E-state index is -0.321. The van der Waals surface area contributed by atoms with Crippen molar-refractivity contribution < 1.29 is 14.3 Å². The van der Waals surface area contributed by atoms with Crippen molar-refractivity contribution in [2.45, 2.75) is 6.61 Å². The van der Waals surface area contributed by atoms with Crippen molar-refractivity contribution in [2.24, 2.45) is 0 Å². The number of carbonyl (C=O) groups is 1. The molecule has 3 nitrogen and oxygen atoms in total. The van der Waals surface area contributed by atoms with Gasteiger partial charge in [0.2, 0.25) is 0 Å². The number of halogens is 1. The highest BCUT2D eigenvalue weighted by atomic mass is 32.1. The maximum absolute atomic E-state index is 13.2. The van der Waals surface area contributed by atoms with Crippen LogP contribution >= 0.6 is 11.3 Å². The van der Waals surface area contributed by atoms with Gasteiger partial charge in [0, 0.05) is 16.0 Å². The number of aliphatic hydroxyl groups excluding tert-OH is 1. The van der Waals surface area contributed by atoms with E-state index in [0.29, 0.717) is 21.5 Å². The first-order chi connectivity index (χ1) is 10.2. The van der Waals surface area contributed by atoms with Crippen LogP contribution in [0.1, 0.15) is 15.2 Å². The average Bonchev–Trinajstić information content (AvgIpc) is 2.91. The van der Waals surface area contributed by atoms with Crippen LogP contribution in [0.25, 0.3) is 10.1 Å². The second kappa shape index (κ2) is 5.63. The molecule has 3 aromatic rings. The Morgan fingerprint density at radius 2 is 2.00 bits per heavy atom. The van der Waals surface area contributed by atoms with E-state index in [1.807, 2.05) is 0 Å². The Bertz CT molecular complexity index is 813. The van der Waals surface area contributed by atoms with E-state index in [-0.39, 0.29) is 18.3 Å². The third kappa shape index (κ3) is 2.79. The molecule has 0 unspecified atom stereocenters. The van der Waals surface area contributed by atoms with Crippen LogP contribution in [0.3, 0.4) is 0 Å². The first kappa shape index (κ1) is 13.7. The first-order valence-electron chi connectivity index (χ1n) is 6.36. The van der Waals surface area contributed by atoms with Crippen LogP contribution in [-0.2, 0) is 6.61 Å². The largest absolute Gasteiger partial charge is 0.392 e. The van der Waals surface area contributed by atoms with Gasteiger partial charge in [-0.1, -0.05) is 18.2 Å². The van der Waals surface area contributed by atoms with Gasteiger partial charge in [0.15, 0.2) is 0 Å². The number of amides is 1. The molecule has 2 aromatic carbocycles. The number of nitrogens with one attached hydrogen (secondary N) is 1. The topological polar surface area (TPSA) is 49.3 Å². The SMILES string of the molecule is O=C(Nc1ccccc1CO)c1cc2cc(F)ccc2s1. The molecule has 0 aliphatic carbocycles. The van der Waals surface area contributed by atoms with Crippen LogP contribution in [0, 0.1) is 5.82 Å². The van der Waals surface area contributed by atoms with E-state index >= 15 is 0 Å². The van der Waals surface area contributed by atoms with Crippen LogP contribution in [0.4, 0.5) is 10.1 Å². The third-order valence-corrected chi connectivity index (χ3v) is 4.25. The number of benzene rings is 2. The van der Waals surface area contributed by atoms with Crippen molar-refractivity contribution in [1.82, 2.24) is 0 Å². The van der Waals surface area contributed by atoms with Gasteiger partial charge in [-0.3, -0.25) is 4.79 Å². The zero-order chi connectivity index (χ0) is 14.8. The molecule has 0 saturated heterocycles. The fourth-order valence-electron chi connectivity index (χ4n) is 2.09. The van der Waals surface area contributed by atoms with Gasteiger partial charge < -0.3 is 10.4 Å². The highest BCUT2D eigenvalue weighted by Gasteiger charge is 2.12. The molecule has 3 rings (SSSR count). The Morgan fingerprint density at radius 3 is 2.81 bits per heavy atom.